The number of phosphoric acid groups is 1. The number of phosphoric ester groups is 1. The Hall–Kier alpha value is -4.61. The molecule has 3 heterocycles. The van der Waals surface area contributed by atoms with Gasteiger partial charge in [-0.15, -0.1) is 11.8 Å². The third kappa shape index (κ3) is 13.2. The van der Waals surface area contributed by atoms with Gasteiger partial charge in [0.2, 0.25) is 10.9 Å². The first-order chi connectivity index (χ1) is 34.0. The van der Waals surface area contributed by atoms with Gasteiger partial charge in [-0.2, -0.15) is 13.2 Å². The van der Waals surface area contributed by atoms with Crippen LogP contribution in [0.3, 0.4) is 0 Å². The summed E-state index contributed by atoms with van der Waals surface area (Å²) >= 11 is 7.66. The average molecular weight is 1100 g/mol. The number of thiol groups is 1. The molecule has 4 aromatic carbocycles. The number of nitrogens with zero attached hydrogens (tertiary/aromatic N) is 5. The Kier molecular flexibility index (Phi) is 17.8. The first kappa shape index (κ1) is 55.1. The Morgan fingerprint density at radius 3 is 2.19 bits per heavy atom. The monoisotopic (exact) mass is 1100 g/mol. The van der Waals surface area contributed by atoms with Crippen LogP contribution in [0.5, 0.6) is 0 Å². The maximum atomic E-state index is 14.5. The molecule has 2 aliphatic rings. The second-order valence-electron chi connectivity index (χ2n) is 17.9. The number of carbonyl (C=O) groups is 1. The van der Waals surface area contributed by atoms with Gasteiger partial charge in [0.15, 0.2) is 0 Å². The van der Waals surface area contributed by atoms with Crippen LogP contribution < -0.4 is 14.6 Å². The van der Waals surface area contributed by atoms with E-state index in [2.05, 4.69) is 10.2 Å². The number of thioether (sulfide) groups is 1. The Labute approximate surface area is 427 Å². The number of anilines is 3. The van der Waals surface area contributed by atoms with Crippen molar-refractivity contribution in [1.82, 2.24) is 14.5 Å². The number of benzene rings is 4. The van der Waals surface area contributed by atoms with Crippen LogP contribution in [0, 0.1) is 12.8 Å². The number of rotatable bonds is 20. The number of carboxylic acid groups (broad SMARTS) is 1. The number of hydrogen-bond donors (Lipinski definition) is 5. The lowest BCUT2D eigenvalue weighted by Crippen LogP contribution is -2.53. The normalized spacial score (nSPS) is 16.1. The number of sulfone groups is 1. The van der Waals surface area contributed by atoms with E-state index >= 15 is 0 Å². The fraction of sp³-hybridized carbons (Fsp3) is 0.396. The van der Waals surface area contributed by atoms with Crippen molar-refractivity contribution >= 4 is 74.9 Å². The minimum absolute atomic E-state index is 0.0564. The Morgan fingerprint density at radius 1 is 0.931 bits per heavy atom. The van der Waals surface area contributed by atoms with Crippen LogP contribution in [0.4, 0.5) is 30.2 Å². The largest absolute Gasteiger partial charge is 0.501 e. The van der Waals surface area contributed by atoms with Gasteiger partial charge >= 0.3 is 19.3 Å². The fourth-order valence-corrected chi connectivity index (χ4v) is 12.5. The van der Waals surface area contributed by atoms with Gasteiger partial charge in [0.25, 0.3) is 9.84 Å². The summed E-state index contributed by atoms with van der Waals surface area (Å²) in [5.74, 6) is -0.843. The molecule has 0 amide bonds. The number of aromatic carboxylic acids is 1. The Bertz CT molecular complexity index is 2940. The lowest BCUT2D eigenvalue weighted by Gasteiger charge is -2.40. The molecule has 5 aromatic rings. The predicted octanol–water partition coefficient (Wildman–Crippen LogP) is 9.21. The van der Waals surface area contributed by atoms with E-state index in [1.54, 1.807) is 25.1 Å². The maximum Gasteiger partial charge on any atom is 0.501 e. The highest BCUT2D eigenvalue weighted by Crippen LogP contribution is 2.43. The van der Waals surface area contributed by atoms with Crippen molar-refractivity contribution in [2.24, 2.45) is 5.92 Å². The summed E-state index contributed by atoms with van der Waals surface area (Å²) in [5, 5.41) is 15.6. The lowest BCUT2D eigenvalue weighted by molar-refractivity contribution is -0.0435. The predicted molar refractivity (Wildman–Crippen MR) is 275 cm³/mol. The molecular weight excluding hydrogens is 1040 g/mol. The summed E-state index contributed by atoms with van der Waals surface area (Å²) < 4.78 is 115. The van der Waals surface area contributed by atoms with Crippen molar-refractivity contribution in [3.63, 3.8) is 0 Å². The quantitative estimate of drug-likeness (QED) is 0.0280. The molecule has 24 heteroatoms. The number of nitrogens with one attached hydrogen (secondary N) is 1. The average Bonchev–Trinajstić information content (AvgIpc) is 3.65. The van der Waals surface area contributed by atoms with Crippen LogP contribution in [0.15, 0.2) is 107 Å². The van der Waals surface area contributed by atoms with Gasteiger partial charge in [-0.3, -0.25) is 4.52 Å². The van der Waals surface area contributed by atoms with Crippen LogP contribution in [0.1, 0.15) is 55.2 Å². The topological polar surface area (TPSA) is 202 Å². The van der Waals surface area contributed by atoms with Crippen molar-refractivity contribution in [1.29, 1.82) is 0 Å². The van der Waals surface area contributed by atoms with E-state index in [0.717, 1.165) is 27.0 Å². The third-order valence-corrected chi connectivity index (χ3v) is 17.0. The molecular formula is C48H57ClF3N6O10PS3. The number of likely N-dealkylation sites (tertiary alicyclic amines) is 1. The Morgan fingerprint density at radius 2 is 1.60 bits per heavy atom. The van der Waals surface area contributed by atoms with E-state index in [0.29, 0.717) is 77.9 Å². The lowest BCUT2D eigenvalue weighted by atomic mass is 9.96. The van der Waals surface area contributed by atoms with Crippen molar-refractivity contribution in [3.05, 3.63) is 113 Å². The second kappa shape index (κ2) is 23.3. The summed E-state index contributed by atoms with van der Waals surface area (Å²) in [7, 11) is -14.2. The summed E-state index contributed by atoms with van der Waals surface area (Å²) in [4.78, 5) is 35.0. The van der Waals surface area contributed by atoms with E-state index in [4.69, 9.17) is 25.9 Å². The molecule has 16 nitrogen and oxygen atoms in total. The number of halogens is 4. The number of hydrogen-bond acceptors (Lipinski definition) is 12. The van der Waals surface area contributed by atoms with Gasteiger partial charge in [0, 0.05) is 77.4 Å². The van der Waals surface area contributed by atoms with Gasteiger partial charge in [-0.25, -0.2) is 35.6 Å². The highest BCUT2D eigenvalue weighted by molar-refractivity contribution is 7.99. The molecule has 7 rings (SSSR count). The van der Waals surface area contributed by atoms with Crippen LogP contribution >= 0.6 is 31.2 Å². The molecule has 4 N–H and O–H groups in total. The molecule has 0 bridgehead atoms. The van der Waals surface area contributed by atoms with Gasteiger partial charge in [-0.1, -0.05) is 54.1 Å². The summed E-state index contributed by atoms with van der Waals surface area (Å²) in [6, 6.07) is 26.3. The first-order valence-corrected chi connectivity index (χ1v) is 28.6. The minimum Gasteiger partial charge on any atom is -0.478 e. The molecule has 72 heavy (non-hydrogen) atoms. The zero-order valence-corrected chi connectivity index (χ0v) is 43.8. The molecule has 0 unspecified atom stereocenters. The van der Waals surface area contributed by atoms with E-state index < -0.39 is 51.0 Å². The molecule has 0 spiro atoms. The molecule has 0 saturated carbocycles. The van der Waals surface area contributed by atoms with Crippen molar-refractivity contribution < 1.29 is 58.8 Å². The molecule has 0 radical (unpaired) electrons. The van der Waals surface area contributed by atoms with Crippen LogP contribution in [0.25, 0.3) is 22.4 Å². The van der Waals surface area contributed by atoms with Crippen molar-refractivity contribution in [3.8, 4) is 22.4 Å². The molecule has 0 aliphatic carbocycles. The smallest absolute Gasteiger partial charge is 0.478 e. The van der Waals surface area contributed by atoms with Crippen molar-refractivity contribution in [2.45, 2.75) is 67.4 Å². The van der Waals surface area contributed by atoms with E-state index in [9.17, 15) is 44.5 Å². The maximum absolute atomic E-state index is 14.5. The van der Waals surface area contributed by atoms with Crippen molar-refractivity contribution in [2.75, 3.05) is 72.8 Å². The first-order valence-electron chi connectivity index (χ1n) is 23.1. The zero-order valence-electron chi connectivity index (χ0n) is 39.6. The van der Waals surface area contributed by atoms with Crippen LogP contribution in [-0.2, 0) is 29.8 Å². The highest BCUT2D eigenvalue weighted by Gasteiger charge is 2.48. The third-order valence-electron chi connectivity index (χ3n) is 12.8. The summed E-state index contributed by atoms with van der Waals surface area (Å²) in [6.07, 6.45) is 1.57. The van der Waals surface area contributed by atoms with E-state index in [-0.39, 0.29) is 61.7 Å². The molecule has 2 saturated heterocycles. The molecule has 1 aromatic heterocycles. The zero-order chi connectivity index (χ0) is 52.1. The molecule has 2 fully saturated rings. The summed E-state index contributed by atoms with van der Waals surface area (Å²) in [5.41, 5.74) is -2.35. The van der Waals surface area contributed by atoms with Gasteiger partial charge in [0.05, 0.1) is 29.2 Å². The SMILES string of the molecule is Cc1c(C(=O)O)c(-c2cccc(N3CCN(N(c4ccc(N[C@H](CCN5CCC(COP(=O)(O)O)CC5)CSc5ccccc5)c(S(=O)(=O)C(F)(F)F)c4)[SH](=O)=O)CC3)c2)c(-c2ccc(Cl)cc2)n1C(C)C. The van der Waals surface area contributed by atoms with Gasteiger partial charge in [0.1, 0.15) is 4.90 Å². The molecule has 2 aliphatic heterocycles. The van der Waals surface area contributed by atoms with Crippen LogP contribution in [-0.4, -0.2) is 122 Å². The number of carboxylic acids is 1. The van der Waals surface area contributed by atoms with Gasteiger partial charge in [-0.05, 0) is 125 Å². The van der Waals surface area contributed by atoms with Gasteiger partial charge < -0.3 is 34.6 Å². The van der Waals surface area contributed by atoms with E-state index in [1.807, 2.05) is 84.0 Å². The highest BCUT2D eigenvalue weighted by atomic mass is 35.5. The summed E-state index contributed by atoms with van der Waals surface area (Å²) in [6.45, 7) is 7.82. The van der Waals surface area contributed by atoms with Crippen LogP contribution in [0.2, 0.25) is 5.02 Å². The molecule has 390 valence electrons. The fourth-order valence-electron chi connectivity index (χ4n) is 9.30. The molecule has 1 atom stereocenters. The Balaban J connectivity index is 1.13. The second-order valence-corrected chi connectivity index (χ2v) is 23.5. The number of alkyl halides is 3. The standard InChI is InChI=1S/C48H57ClF3N6O10PS3/c1-32(2)57-33(3)44(47(59)60)45(46(57)35-12-14-37(49)15-13-35)36-8-7-9-39(28-36)55-24-26-56(27-25-55)58(71(64)65)40-16-17-42(43(29-40)72(66,67)48(50,51)52)53-38(31-70-41-10-5-4-6-11-41)20-23-54-21-18-34(19-22-54)30-68-69(61,62)63/h4-17,28-29,32,34,38,53,71H,18-27,30-31H2,1-3H3,(H,59,60)(H2,61,62,63)/t38-/m1/s1. The minimum atomic E-state index is -6.04. The van der Waals surface area contributed by atoms with E-state index in [1.165, 1.54) is 22.8 Å². The number of hydrazine groups is 1. The number of piperidine rings is 1. The number of piperazine rings is 1. The number of aromatic nitrogens is 1.